The lowest BCUT2D eigenvalue weighted by Crippen LogP contribution is -2.55. The van der Waals surface area contributed by atoms with Gasteiger partial charge in [0.25, 0.3) is 0 Å². The molecular weight excluding hydrogens is 214 g/mol. The molecule has 2 N–H and O–H groups in total. The second-order valence-corrected chi connectivity index (χ2v) is 6.12. The summed E-state index contributed by atoms with van der Waals surface area (Å²) in [5.74, 6) is 0. The molecule has 1 atom stereocenters. The van der Waals surface area contributed by atoms with E-state index in [9.17, 15) is 5.11 Å². The van der Waals surface area contributed by atoms with E-state index in [0.29, 0.717) is 0 Å². The molecule has 100 valence electrons. The Kier molecular flexibility index (Phi) is 4.42. The van der Waals surface area contributed by atoms with Gasteiger partial charge >= 0.3 is 0 Å². The quantitative estimate of drug-likeness (QED) is 0.736. The molecule has 0 amide bonds. The monoisotopic (exact) mass is 241 g/mol. The molecule has 2 saturated heterocycles. The van der Waals surface area contributed by atoms with E-state index in [-0.39, 0.29) is 0 Å². The molecule has 2 aliphatic heterocycles. The molecule has 1 unspecified atom stereocenters. The topological polar surface area (TPSA) is 38.7 Å². The van der Waals surface area contributed by atoms with E-state index in [4.69, 9.17) is 0 Å². The molecule has 0 saturated carbocycles. The van der Waals surface area contributed by atoms with Gasteiger partial charge < -0.3 is 10.4 Å². The number of piperidine rings is 1. The third kappa shape index (κ3) is 4.21. The normalized spacial score (nSPS) is 29.5. The first-order valence-corrected chi connectivity index (χ1v) is 6.94. The van der Waals surface area contributed by atoms with Crippen molar-refractivity contribution in [3.05, 3.63) is 0 Å². The Morgan fingerprint density at radius 1 is 1.24 bits per heavy atom. The van der Waals surface area contributed by atoms with Gasteiger partial charge in [-0.1, -0.05) is 0 Å². The largest absolute Gasteiger partial charge is 0.389 e. The molecule has 0 aromatic rings. The number of piperazine rings is 1. The average molecular weight is 241 g/mol. The van der Waals surface area contributed by atoms with Crippen LogP contribution < -0.4 is 5.32 Å². The Hall–Kier alpha value is -0.160. The van der Waals surface area contributed by atoms with Gasteiger partial charge in [-0.2, -0.15) is 0 Å². The van der Waals surface area contributed by atoms with Gasteiger partial charge in [0.05, 0.1) is 5.60 Å². The van der Waals surface area contributed by atoms with E-state index in [2.05, 4.69) is 15.1 Å². The van der Waals surface area contributed by atoms with Crippen molar-refractivity contribution >= 4 is 0 Å². The van der Waals surface area contributed by atoms with Crippen LogP contribution in [0.1, 0.15) is 26.7 Å². The number of aliphatic hydroxyl groups is 1. The molecule has 0 aromatic carbocycles. The van der Waals surface area contributed by atoms with Crippen molar-refractivity contribution in [2.45, 2.75) is 38.3 Å². The van der Waals surface area contributed by atoms with E-state index in [1.165, 1.54) is 19.4 Å². The van der Waals surface area contributed by atoms with E-state index < -0.39 is 5.60 Å². The smallest absolute Gasteiger partial charge is 0.0718 e. The molecule has 2 aliphatic rings. The Morgan fingerprint density at radius 2 is 1.94 bits per heavy atom. The number of hydrogen-bond acceptors (Lipinski definition) is 4. The lowest BCUT2D eigenvalue weighted by Gasteiger charge is -2.42. The Morgan fingerprint density at radius 3 is 2.47 bits per heavy atom. The summed E-state index contributed by atoms with van der Waals surface area (Å²) < 4.78 is 0. The second-order valence-electron chi connectivity index (χ2n) is 6.12. The minimum atomic E-state index is -0.561. The van der Waals surface area contributed by atoms with Gasteiger partial charge in [-0.3, -0.25) is 9.80 Å². The first-order valence-electron chi connectivity index (χ1n) is 6.94. The highest BCUT2D eigenvalue weighted by Crippen LogP contribution is 2.14. The highest BCUT2D eigenvalue weighted by Gasteiger charge is 2.27. The molecule has 4 nitrogen and oxygen atoms in total. The summed E-state index contributed by atoms with van der Waals surface area (Å²) in [5.41, 5.74) is -0.561. The van der Waals surface area contributed by atoms with Crippen molar-refractivity contribution in [1.82, 2.24) is 15.1 Å². The van der Waals surface area contributed by atoms with Crippen molar-refractivity contribution in [3.63, 3.8) is 0 Å². The maximum Gasteiger partial charge on any atom is 0.0718 e. The van der Waals surface area contributed by atoms with Crippen molar-refractivity contribution in [2.75, 3.05) is 45.8 Å². The first kappa shape index (κ1) is 13.3. The fourth-order valence-electron chi connectivity index (χ4n) is 2.98. The molecule has 4 heteroatoms. The van der Waals surface area contributed by atoms with Crippen LogP contribution in [0.4, 0.5) is 0 Å². The van der Waals surface area contributed by atoms with E-state index in [0.717, 1.165) is 45.3 Å². The summed E-state index contributed by atoms with van der Waals surface area (Å²) in [5, 5.41) is 13.3. The predicted molar refractivity (Wildman–Crippen MR) is 70.2 cm³/mol. The fourth-order valence-corrected chi connectivity index (χ4v) is 2.98. The summed E-state index contributed by atoms with van der Waals surface area (Å²) in [4.78, 5) is 5.00. The predicted octanol–water partition coefficient (Wildman–Crippen LogP) is 0.127. The Labute approximate surface area is 105 Å². The molecule has 2 rings (SSSR count). The van der Waals surface area contributed by atoms with Crippen molar-refractivity contribution in [3.8, 4) is 0 Å². The SMILES string of the molecule is CC(C)(O)CN1CCN(C2CCCNC2)CC1. The zero-order chi connectivity index (χ0) is 12.3. The van der Waals surface area contributed by atoms with Gasteiger partial charge in [0, 0.05) is 45.3 Å². The summed E-state index contributed by atoms with van der Waals surface area (Å²) in [6, 6.07) is 0.744. The van der Waals surface area contributed by atoms with Gasteiger partial charge in [0.1, 0.15) is 0 Å². The fraction of sp³-hybridized carbons (Fsp3) is 1.00. The third-order valence-corrected chi connectivity index (χ3v) is 3.80. The number of nitrogens with one attached hydrogen (secondary N) is 1. The van der Waals surface area contributed by atoms with Gasteiger partial charge in [-0.25, -0.2) is 0 Å². The van der Waals surface area contributed by atoms with Crippen LogP contribution in [0.15, 0.2) is 0 Å². The maximum absolute atomic E-state index is 9.82. The van der Waals surface area contributed by atoms with Crippen LogP contribution in [0.3, 0.4) is 0 Å². The molecule has 17 heavy (non-hydrogen) atoms. The van der Waals surface area contributed by atoms with Crippen LogP contribution in [0.5, 0.6) is 0 Å². The van der Waals surface area contributed by atoms with Crippen LogP contribution in [0.25, 0.3) is 0 Å². The number of hydrogen-bond donors (Lipinski definition) is 2. The minimum Gasteiger partial charge on any atom is -0.389 e. The second kappa shape index (κ2) is 5.65. The molecule has 0 aliphatic carbocycles. The van der Waals surface area contributed by atoms with Gasteiger partial charge in [0.15, 0.2) is 0 Å². The minimum absolute atomic E-state index is 0.561. The molecule has 2 fully saturated rings. The van der Waals surface area contributed by atoms with Crippen molar-refractivity contribution in [1.29, 1.82) is 0 Å². The van der Waals surface area contributed by atoms with E-state index in [1.54, 1.807) is 0 Å². The van der Waals surface area contributed by atoms with Crippen molar-refractivity contribution in [2.24, 2.45) is 0 Å². The van der Waals surface area contributed by atoms with Crippen LogP contribution in [0, 0.1) is 0 Å². The lowest BCUT2D eigenvalue weighted by atomic mass is 10.0. The molecule has 0 radical (unpaired) electrons. The zero-order valence-electron chi connectivity index (χ0n) is 11.3. The summed E-state index contributed by atoms with van der Waals surface area (Å²) >= 11 is 0. The van der Waals surface area contributed by atoms with Crippen LogP contribution in [-0.4, -0.2) is 72.4 Å². The number of β-amino-alcohol motifs (C(OH)–C–C–N with tert-alkyl or cyclic N) is 1. The summed E-state index contributed by atoms with van der Waals surface area (Å²) in [6.45, 7) is 11.4. The van der Waals surface area contributed by atoms with Crippen LogP contribution in [-0.2, 0) is 0 Å². The highest BCUT2D eigenvalue weighted by atomic mass is 16.3. The number of nitrogens with zero attached hydrogens (tertiary/aromatic N) is 2. The molecular formula is C13H27N3O. The van der Waals surface area contributed by atoms with Gasteiger partial charge in [-0.15, -0.1) is 0 Å². The van der Waals surface area contributed by atoms with Gasteiger partial charge in [-0.05, 0) is 33.2 Å². The summed E-state index contributed by atoms with van der Waals surface area (Å²) in [7, 11) is 0. The standard InChI is InChI=1S/C13H27N3O/c1-13(2,17)11-15-6-8-16(9-7-15)12-4-3-5-14-10-12/h12,14,17H,3-11H2,1-2H3. The highest BCUT2D eigenvalue weighted by molar-refractivity contribution is 4.84. The Bertz CT molecular complexity index is 225. The molecule has 0 bridgehead atoms. The first-order chi connectivity index (χ1) is 8.04. The molecule has 0 aromatic heterocycles. The van der Waals surface area contributed by atoms with E-state index >= 15 is 0 Å². The molecule has 2 heterocycles. The van der Waals surface area contributed by atoms with E-state index in [1.807, 2.05) is 13.8 Å². The van der Waals surface area contributed by atoms with Crippen LogP contribution >= 0.6 is 0 Å². The average Bonchev–Trinajstić information content (AvgIpc) is 2.29. The summed E-state index contributed by atoms with van der Waals surface area (Å²) in [6.07, 6.45) is 2.66. The third-order valence-electron chi connectivity index (χ3n) is 3.80. The molecule has 0 spiro atoms. The zero-order valence-corrected chi connectivity index (χ0v) is 11.3. The maximum atomic E-state index is 9.82. The van der Waals surface area contributed by atoms with Gasteiger partial charge in [0.2, 0.25) is 0 Å². The Balaban J connectivity index is 1.73. The lowest BCUT2D eigenvalue weighted by molar-refractivity contribution is 0.00891. The number of rotatable bonds is 3. The van der Waals surface area contributed by atoms with Crippen LogP contribution in [0.2, 0.25) is 0 Å². The van der Waals surface area contributed by atoms with Crippen molar-refractivity contribution < 1.29 is 5.11 Å².